The maximum Gasteiger partial charge on any atom is 0.239 e. The second-order valence-corrected chi connectivity index (χ2v) is 3.85. The first-order chi connectivity index (χ1) is 9.08. The normalized spacial score (nSPS) is 11.8. The van der Waals surface area contributed by atoms with Gasteiger partial charge in [0.15, 0.2) is 11.5 Å². The fraction of sp³-hybridized carbons (Fsp3) is 0.462. The Hall–Kier alpha value is -1.95. The fourth-order valence-electron chi connectivity index (χ4n) is 1.85. The third-order valence-electron chi connectivity index (χ3n) is 2.71. The van der Waals surface area contributed by atoms with Gasteiger partial charge in [0.05, 0.1) is 21.3 Å². The Morgan fingerprint density at radius 3 is 2.05 bits per heavy atom. The summed E-state index contributed by atoms with van der Waals surface area (Å²) in [5.74, 6) is 0.992. The van der Waals surface area contributed by atoms with Crippen LogP contribution in [-0.2, 0) is 4.79 Å². The van der Waals surface area contributed by atoms with Gasteiger partial charge in [0.1, 0.15) is 6.04 Å². The average Bonchev–Trinajstić information content (AvgIpc) is 2.42. The zero-order chi connectivity index (χ0) is 14.4. The number of hydrogen-bond donors (Lipinski definition) is 2. The van der Waals surface area contributed by atoms with E-state index in [0.29, 0.717) is 29.4 Å². The van der Waals surface area contributed by atoms with Gasteiger partial charge < -0.3 is 25.3 Å². The van der Waals surface area contributed by atoms with Crippen molar-refractivity contribution in [3.63, 3.8) is 0 Å². The van der Waals surface area contributed by atoms with Crippen LogP contribution in [0.4, 0.5) is 0 Å². The van der Waals surface area contributed by atoms with Crippen LogP contribution in [0, 0.1) is 0 Å². The highest BCUT2D eigenvalue weighted by Crippen LogP contribution is 2.39. The third kappa shape index (κ3) is 3.29. The molecule has 0 aliphatic rings. The second kappa shape index (κ2) is 6.84. The summed E-state index contributed by atoms with van der Waals surface area (Å²) in [6, 6.07) is 2.82. The number of rotatable bonds is 7. The van der Waals surface area contributed by atoms with Crippen LogP contribution in [0.5, 0.6) is 17.2 Å². The molecule has 6 nitrogen and oxygen atoms in total. The fourth-order valence-corrected chi connectivity index (χ4v) is 1.85. The molecule has 0 aliphatic carbocycles. The minimum atomic E-state index is -0.598. The lowest BCUT2D eigenvalue weighted by Gasteiger charge is -2.18. The maximum absolute atomic E-state index is 11.5. The molecule has 6 heteroatoms. The van der Waals surface area contributed by atoms with Crippen LogP contribution < -0.4 is 25.3 Å². The number of nitrogens with one attached hydrogen (secondary N) is 1. The quantitative estimate of drug-likeness (QED) is 0.766. The number of amides is 1. The highest BCUT2D eigenvalue weighted by atomic mass is 16.5. The molecule has 0 heterocycles. The number of hydrogen-bond acceptors (Lipinski definition) is 5. The predicted octanol–water partition coefficient (Wildman–Crippen LogP) is 0.848. The summed E-state index contributed by atoms with van der Waals surface area (Å²) in [4.78, 5) is 11.5. The molecule has 0 spiro atoms. The lowest BCUT2D eigenvalue weighted by atomic mass is 10.0. The van der Waals surface area contributed by atoms with E-state index in [2.05, 4.69) is 5.32 Å². The average molecular weight is 268 g/mol. The van der Waals surface area contributed by atoms with Crippen LogP contribution in [0.15, 0.2) is 12.1 Å². The molecule has 0 radical (unpaired) electrons. The summed E-state index contributed by atoms with van der Waals surface area (Å²) in [7, 11) is 4.57. The summed E-state index contributed by atoms with van der Waals surface area (Å²) in [6.45, 7) is 2.51. The van der Waals surface area contributed by atoms with Gasteiger partial charge >= 0.3 is 0 Å². The summed E-state index contributed by atoms with van der Waals surface area (Å²) in [6.07, 6.45) is 0. The number of carbonyl (C=O) groups excluding carboxylic acids is 1. The highest BCUT2D eigenvalue weighted by Gasteiger charge is 2.21. The van der Waals surface area contributed by atoms with Gasteiger partial charge in [-0.05, 0) is 24.2 Å². The first kappa shape index (κ1) is 15.1. The number of likely N-dealkylation sites (N-methyl/N-ethyl adjacent to an activating group) is 1. The van der Waals surface area contributed by atoms with Gasteiger partial charge in [0.25, 0.3) is 0 Å². The lowest BCUT2D eigenvalue weighted by Crippen LogP contribution is -2.33. The molecule has 3 N–H and O–H groups in total. The number of methoxy groups -OCH3 is 3. The monoisotopic (exact) mass is 268 g/mol. The Balaban J connectivity index is 3.31. The SMILES string of the molecule is CCNC(C(N)=O)c1cc(OC)c(OC)c(OC)c1. The van der Waals surface area contributed by atoms with Crippen molar-refractivity contribution in [2.75, 3.05) is 27.9 Å². The standard InChI is InChI=1S/C13H20N2O4/c1-5-15-11(13(14)16)8-6-9(17-2)12(19-4)10(7-8)18-3/h6-7,11,15H,5H2,1-4H3,(H2,14,16). The van der Waals surface area contributed by atoms with E-state index in [1.807, 2.05) is 6.92 Å². The minimum Gasteiger partial charge on any atom is -0.493 e. The Labute approximate surface area is 112 Å². The molecular formula is C13H20N2O4. The van der Waals surface area contributed by atoms with Crippen LogP contribution >= 0.6 is 0 Å². The third-order valence-corrected chi connectivity index (χ3v) is 2.71. The van der Waals surface area contributed by atoms with Crippen molar-refractivity contribution in [3.05, 3.63) is 17.7 Å². The number of benzene rings is 1. The number of carbonyl (C=O) groups is 1. The van der Waals surface area contributed by atoms with E-state index in [1.54, 1.807) is 12.1 Å². The molecule has 0 saturated heterocycles. The molecular weight excluding hydrogens is 248 g/mol. The van der Waals surface area contributed by atoms with E-state index in [1.165, 1.54) is 21.3 Å². The largest absolute Gasteiger partial charge is 0.493 e. The zero-order valence-electron chi connectivity index (χ0n) is 11.6. The summed E-state index contributed by atoms with van der Waals surface area (Å²) < 4.78 is 15.7. The molecule has 0 bridgehead atoms. The topological polar surface area (TPSA) is 82.8 Å². The first-order valence-electron chi connectivity index (χ1n) is 5.91. The van der Waals surface area contributed by atoms with E-state index in [4.69, 9.17) is 19.9 Å². The van der Waals surface area contributed by atoms with Gasteiger partial charge in [-0.15, -0.1) is 0 Å². The van der Waals surface area contributed by atoms with Crippen LogP contribution in [0.1, 0.15) is 18.5 Å². The Kier molecular flexibility index (Phi) is 5.44. The number of nitrogens with two attached hydrogens (primary N) is 1. The molecule has 19 heavy (non-hydrogen) atoms. The predicted molar refractivity (Wildman–Crippen MR) is 71.7 cm³/mol. The molecule has 1 atom stereocenters. The van der Waals surface area contributed by atoms with Gasteiger partial charge in [-0.2, -0.15) is 0 Å². The van der Waals surface area contributed by atoms with Crippen molar-refractivity contribution < 1.29 is 19.0 Å². The molecule has 1 aromatic carbocycles. The van der Waals surface area contributed by atoms with Gasteiger partial charge in [0.2, 0.25) is 11.7 Å². The summed E-state index contributed by atoms with van der Waals surface area (Å²) in [5.41, 5.74) is 6.06. The molecule has 106 valence electrons. The van der Waals surface area contributed by atoms with E-state index in [-0.39, 0.29) is 0 Å². The smallest absolute Gasteiger partial charge is 0.239 e. The van der Waals surface area contributed by atoms with Crippen LogP contribution in [0.3, 0.4) is 0 Å². The molecule has 0 aliphatic heterocycles. The van der Waals surface area contributed by atoms with Gasteiger partial charge in [-0.25, -0.2) is 0 Å². The Morgan fingerprint density at radius 1 is 1.21 bits per heavy atom. The second-order valence-electron chi connectivity index (χ2n) is 3.85. The van der Waals surface area contributed by atoms with Crippen molar-refractivity contribution in [1.82, 2.24) is 5.32 Å². The van der Waals surface area contributed by atoms with Crippen LogP contribution in [0.2, 0.25) is 0 Å². The van der Waals surface area contributed by atoms with Gasteiger partial charge in [-0.1, -0.05) is 6.92 Å². The molecule has 0 saturated carbocycles. The van der Waals surface area contributed by atoms with E-state index >= 15 is 0 Å². The Morgan fingerprint density at radius 2 is 1.74 bits per heavy atom. The molecule has 1 amide bonds. The van der Waals surface area contributed by atoms with E-state index in [0.717, 1.165) is 0 Å². The van der Waals surface area contributed by atoms with Crippen molar-refractivity contribution in [2.24, 2.45) is 5.73 Å². The van der Waals surface area contributed by atoms with Crippen LogP contribution in [-0.4, -0.2) is 33.8 Å². The molecule has 1 rings (SSSR count). The number of ether oxygens (including phenoxy) is 3. The highest BCUT2D eigenvalue weighted by molar-refractivity contribution is 5.82. The molecule has 0 aromatic heterocycles. The van der Waals surface area contributed by atoms with Gasteiger partial charge in [-0.3, -0.25) is 4.79 Å². The van der Waals surface area contributed by atoms with Crippen molar-refractivity contribution in [2.45, 2.75) is 13.0 Å². The minimum absolute atomic E-state index is 0.462. The maximum atomic E-state index is 11.5. The molecule has 1 aromatic rings. The van der Waals surface area contributed by atoms with Crippen molar-refractivity contribution in [3.8, 4) is 17.2 Å². The zero-order valence-corrected chi connectivity index (χ0v) is 11.6. The van der Waals surface area contributed by atoms with E-state index < -0.39 is 11.9 Å². The molecule has 1 unspecified atom stereocenters. The first-order valence-corrected chi connectivity index (χ1v) is 5.91. The van der Waals surface area contributed by atoms with Crippen molar-refractivity contribution in [1.29, 1.82) is 0 Å². The van der Waals surface area contributed by atoms with Gasteiger partial charge in [0, 0.05) is 0 Å². The Bertz CT molecular complexity index is 423. The summed E-state index contributed by atoms with van der Waals surface area (Å²) >= 11 is 0. The number of primary amides is 1. The van der Waals surface area contributed by atoms with Crippen LogP contribution in [0.25, 0.3) is 0 Å². The van der Waals surface area contributed by atoms with Crippen molar-refractivity contribution >= 4 is 5.91 Å². The lowest BCUT2D eigenvalue weighted by molar-refractivity contribution is -0.120. The molecule has 0 fully saturated rings. The van der Waals surface area contributed by atoms with E-state index in [9.17, 15) is 4.79 Å². The summed E-state index contributed by atoms with van der Waals surface area (Å²) in [5, 5.41) is 3.01.